The quantitative estimate of drug-likeness (QED) is 0.619. The Kier molecular flexibility index (Phi) is 6.01. The van der Waals surface area contributed by atoms with Crippen LogP contribution in [0.4, 0.5) is 0 Å². The second-order valence-electron chi connectivity index (χ2n) is 6.17. The Morgan fingerprint density at radius 1 is 1.50 bits per heavy atom. The van der Waals surface area contributed by atoms with Crippen LogP contribution in [0.25, 0.3) is 11.7 Å². The van der Waals surface area contributed by atoms with Gasteiger partial charge in [-0.15, -0.1) is 0 Å². The SMILES string of the molecule is CC(C)[C@](C)(C#N)NC(=O)COC(=O)/C=C/c1c(Cl)nc2ccccn12. The number of carbonyl (C=O) groups is 2. The van der Waals surface area contributed by atoms with E-state index in [0.29, 0.717) is 11.3 Å². The number of halogens is 1. The van der Waals surface area contributed by atoms with Crippen molar-refractivity contribution in [3.8, 4) is 6.07 Å². The lowest BCUT2D eigenvalue weighted by Gasteiger charge is -2.27. The summed E-state index contributed by atoms with van der Waals surface area (Å²) in [7, 11) is 0. The van der Waals surface area contributed by atoms with E-state index >= 15 is 0 Å². The number of imidazole rings is 1. The highest BCUT2D eigenvalue weighted by atomic mass is 35.5. The standard InChI is InChI=1S/C18H19ClN4O3/c1-12(2)18(3,11-20)22-15(24)10-26-16(25)8-7-13-17(19)21-14-6-4-5-9-23(13)14/h4-9,12H,10H2,1-3H3,(H,22,24)/b8-7+/t18-/m0/s1. The number of carbonyl (C=O) groups excluding carboxylic acids is 2. The zero-order chi connectivity index (χ0) is 19.3. The summed E-state index contributed by atoms with van der Waals surface area (Å²) < 4.78 is 6.63. The largest absolute Gasteiger partial charge is 0.452 e. The van der Waals surface area contributed by atoms with Crippen LogP contribution in [0.5, 0.6) is 0 Å². The molecular weight excluding hydrogens is 356 g/mol. The van der Waals surface area contributed by atoms with E-state index in [1.165, 1.54) is 12.2 Å². The molecule has 2 aromatic heterocycles. The van der Waals surface area contributed by atoms with Crippen molar-refractivity contribution < 1.29 is 14.3 Å². The van der Waals surface area contributed by atoms with Gasteiger partial charge in [0.1, 0.15) is 11.2 Å². The van der Waals surface area contributed by atoms with Crippen LogP contribution in [0.2, 0.25) is 5.15 Å². The monoisotopic (exact) mass is 374 g/mol. The van der Waals surface area contributed by atoms with E-state index in [0.717, 1.165) is 0 Å². The number of hydrogen-bond acceptors (Lipinski definition) is 5. The molecule has 2 aromatic rings. The summed E-state index contributed by atoms with van der Waals surface area (Å²) in [6.07, 6.45) is 4.40. The zero-order valence-electron chi connectivity index (χ0n) is 14.7. The van der Waals surface area contributed by atoms with Crippen molar-refractivity contribution in [3.05, 3.63) is 41.3 Å². The number of nitrogens with one attached hydrogen (secondary N) is 1. The maximum atomic E-state index is 11.9. The van der Waals surface area contributed by atoms with Gasteiger partial charge in [-0.25, -0.2) is 9.78 Å². The highest BCUT2D eigenvalue weighted by Gasteiger charge is 2.30. The van der Waals surface area contributed by atoms with Gasteiger partial charge in [-0.3, -0.25) is 9.20 Å². The molecule has 0 saturated carbocycles. The van der Waals surface area contributed by atoms with Crippen LogP contribution in [0, 0.1) is 17.2 Å². The molecule has 0 aliphatic heterocycles. The number of nitrogens with zero attached hydrogens (tertiary/aromatic N) is 3. The fourth-order valence-corrected chi connectivity index (χ4v) is 2.33. The minimum absolute atomic E-state index is 0.0932. The van der Waals surface area contributed by atoms with Crippen LogP contribution >= 0.6 is 11.6 Å². The Balaban J connectivity index is 1.96. The van der Waals surface area contributed by atoms with Crippen molar-refractivity contribution in [3.63, 3.8) is 0 Å². The number of pyridine rings is 1. The lowest BCUT2D eigenvalue weighted by atomic mass is 9.90. The summed E-state index contributed by atoms with van der Waals surface area (Å²) in [5.74, 6) is -1.34. The van der Waals surface area contributed by atoms with E-state index in [-0.39, 0.29) is 11.1 Å². The molecule has 0 saturated heterocycles. The van der Waals surface area contributed by atoms with E-state index in [1.807, 2.05) is 26.0 Å². The third-order valence-corrected chi connectivity index (χ3v) is 4.31. The molecule has 0 radical (unpaired) electrons. The van der Waals surface area contributed by atoms with E-state index in [4.69, 9.17) is 16.3 Å². The second kappa shape index (κ2) is 8.02. The van der Waals surface area contributed by atoms with Crippen LogP contribution in [0.1, 0.15) is 26.5 Å². The molecular formula is C18H19ClN4O3. The molecule has 0 aliphatic rings. The molecule has 1 atom stereocenters. The predicted octanol–water partition coefficient (Wildman–Crippen LogP) is 2.60. The van der Waals surface area contributed by atoms with Gasteiger partial charge in [-0.2, -0.15) is 5.26 Å². The fourth-order valence-electron chi connectivity index (χ4n) is 2.09. The average molecular weight is 375 g/mol. The summed E-state index contributed by atoms with van der Waals surface area (Å²) >= 11 is 6.07. The van der Waals surface area contributed by atoms with Crippen LogP contribution in [0.3, 0.4) is 0 Å². The normalized spacial score (nSPS) is 13.5. The molecule has 2 rings (SSSR count). The number of amides is 1. The summed E-state index contributed by atoms with van der Waals surface area (Å²) in [6, 6.07) is 7.47. The van der Waals surface area contributed by atoms with Crippen molar-refractivity contribution in [1.29, 1.82) is 5.26 Å². The Morgan fingerprint density at radius 2 is 2.23 bits per heavy atom. The molecule has 0 aromatic carbocycles. The van der Waals surface area contributed by atoms with E-state index in [2.05, 4.69) is 16.4 Å². The molecule has 1 N–H and O–H groups in total. The van der Waals surface area contributed by atoms with Gasteiger partial charge in [-0.05, 0) is 31.1 Å². The van der Waals surface area contributed by atoms with E-state index in [1.54, 1.807) is 23.6 Å². The van der Waals surface area contributed by atoms with E-state index in [9.17, 15) is 14.9 Å². The molecule has 136 valence electrons. The molecule has 7 nitrogen and oxygen atoms in total. The Morgan fingerprint density at radius 3 is 2.88 bits per heavy atom. The average Bonchev–Trinajstić information content (AvgIpc) is 2.93. The first-order valence-corrected chi connectivity index (χ1v) is 8.34. The van der Waals surface area contributed by atoms with Gasteiger partial charge in [0, 0.05) is 12.3 Å². The van der Waals surface area contributed by atoms with Crippen molar-refractivity contribution in [2.24, 2.45) is 5.92 Å². The molecule has 26 heavy (non-hydrogen) atoms. The first-order chi connectivity index (χ1) is 12.3. The van der Waals surface area contributed by atoms with Gasteiger partial charge in [0.25, 0.3) is 5.91 Å². The topological polar surface area (TPSA) is 96.5 Å². The Labute approximate surface area is 156 Å². The summed E-state index contributed by atoms with van der Waals surface area (Å²) in [5.41, 5.74) is 0.151. The van der Waals surface area contributed by atoms with Gasteiger partial charge in [0.2, 0.25) is 0 Å². The van der Waals surface area contributed by atoms with Gasteiger partial charge >= 0.3 is 5.97 Å². The van der Waals surface area contributed by atoms with Crippen LogP contribution in [0.15, 0.2) is 30.5 Å². The van der Waals surface area contributed by atoms with Crippen molar-refractivity contribution in [2.75, 3.05) is 6.61 Å². The van der Waals surface area contributed by atoms with Gasteiger partial charge in [0.05, 0.1) is 11.8 Å². The second-order valence-corrected chi connectivity index (χ2v) is 6.53. The third kappa shape index (κ3) is 4.41. The van der Waals surface area contributed by atoms with Crippen LogP contribution in [-0.2, 0) is 14.3 Å². The molecule has 1 amide bonds. The maximum Gasteiger partial charge on any atom is 0.331 e. The number of nitriles is 1. The minimum Gasteiger partial charge on any atom is -0.452 e. The molecule has 8 heteroatoms. The van der Waals surface area contributed by atoms with E-state index < -0.39 is 24.0 Å². The number of aromatic nitrogens is 2. The molecule has 2 heterocycles. The molecule has 0 fully saturated rings. The lowest BCUT2D eigenvalue weighted by molar-refractivity contribution is -0.144. The fraction of sp³-hybridized carbons (Fsp3) is 0.333. The first-order valence-electron chi connectivity index (χ1n) is 7.96. The zero-order valence-corrected chi connectivity index (χ0v) is 15.4. The summed E-state index contributed by atoms with van der Waals surface area (Å²) in [6.45, 7) is 4.77. The third-order valence-electron chi connectivity index (χ3n) is 4.03. The molecule has 0 unspecified atom stereocenters. The summed E-state index contributed by atoms with van der Waals surface area (Å²) in [5, 5.41) is 12.0. The number of hydrogen-bond donors (Lipinski definition) is 1. The summed E-state index contributed by atoms with van der Waals surface area (Å²) in [4.78, 5) is 27.9. The minimum atomic E-state index is -1.02. The molecule has 0 bridgehead atoms. The number of rotatable bonds is 6. The lowest BCUT2D eigenvalue weighted by Crippen LogP contribution is -2.50. The molecule has 0 aliphatic carbocycles. The highest BCUT2D eigenvalue weighted by molar-refractivity contribution is 6.31. The van der Waals surface area contributed by atoms with Gasteiger partial charge in [-0.1, -0.05) is 31.5 Å². The Bertz CT molecular complexity index is 897. The smallest absolute Gasteiger partial charge is 0.331 e. The first kappa shape index (κ1) is 19.5. The van der Waals surface area contributed by atoms with Crippen LogP contribution in [-0.4, -0.2) is 33.4 Å². The number of esters is 1. The van der Waals surface area contributed by atoms with Gasteiger partial charge < -0.3 is 10.1 Å². The molecule has 0 spiro atoms. The predicted molar refractivity (Wildman–Crippen MR) is 97.2 cm³/mol. The maximum absolute atomic E-state index is 11.9. The number of fused-ring (bicyclic) bond motifs is 1. The van der Waals surface area contributed by atoms with Crippen molar-refractivity contribution in [2.45, 2.75) is 26.3 Å². The highest BCUT2D eigenvalue weighted by Crippen LogP contribution is 2.19. The Hall–Kier alpha value is -2.85. The van der Waals surface area contributed by atoms with Gasteiger partial charge in [0.15, 0.2) is 11.8 Å². The van der Waals surface area contributed by atoms with Crippen molar-refractivity contribution in [1.82, 2.24) is 14.7 Å². The van der Waals surface area contributed by atoms with Crippen LogP contribution < -0.4 is 5.32 Å². The number of ether oxygens (including phenoxy) is 1. The van der Waals surface area contributed by atoms with Crippen molar-refractivity contribution >= 4 is 35.2 Å².